The molecule has 0 spiro atoms. The number of rotatable bonds is 3. The van der Waals surface area contributed by atoms with Gasteiger partial charge in [0.15, 0.2) is 0 Å². The van der Waals surface area contributed by atoms with Gasteiger partial charge in [0.25, 0.3) is 0 Å². The van der Waals surface area contributed by atoms with Crippen molar-refractivity contribution in [3.63, 3.8) is 0 Å². The minimum Gasteiger partial charge on any atom is -0.497 e. The number of urea groups is 2. The molecule has 1 atom stereocenters. The zero-order valence-electron chi connectivity index (χ0n) is 12.7. The highest BCUT2D eigenvalue weighted by molar-refractivity contribution is 6.02. The van der Waals surface area contributed by atoms with Crippen LogP contribution in [0.15, 0.2) is 24.3 Å². The highest BCUT2D eigenvalue weighted by Gasteiger charge is 2.39. The second-order valence-corrected chi connectivity index (χ2v) is 5.47. The van der Waals surface area contributed by atoms with Crippen molar-refractivity contribution in [3.8, 4) is 5.75 Å². The summed E-state index contributed by atoms with van der Waals surface area (Å²) in [6.45, 7) is 0.873. The Morgan fingerprint density at radius 1 is 1.39 bits per heavy atom. The summed E-state index contributed by atoms with van der Waals surface area (Å²) < 4.78 is 5.12. The molecule has 23 heavy (non-hydrogen) atoms. The van der Waals surface area contributed by atoms with Crippen molar-refractivity contribution in [2.45, 2.75) is 12.5 Å². The zero-order valence-corrected chi connectivity index (χ0v) is 12.7. The van der Waals surface area contributed by atoms with Crippen LogP contribution in [0, 0.1) is 0 Å². The van der Waals surface area contributed by atoms with Gasteiger partial charge in [-0.15, -0.1) is 0 Å². The number of ether oxygens (including phenoxy) is 1. The summed E-state index contributed by atoms with van der Waals surface area (Å²) in [4.78, 5) is 38.5. The smallest absolute Gasteiger partial charge is 0.324 e. The van der Waals surface area contributed by atoms with Gasteiger partial charge in [0.05, 0.1) is 19.7 Å². The average Bonchev–Trinajstić information content (AvgIpc) is 3.14. The number of amides is 5. The molecule has 3 rings (SSSR count). The Hall–Kier alpha value is -2.77. The number of hydrogen-bond acceptors (Lipinski definition) is 4. The highest BCUT2D eigenvalue weighted by atomic mass is 16.5. The number of likely N-dealkylation sites (tertiary alicyclic amines) is 1. The fourth-order valence-electron chi connectivity index (χ4n) is 2.84. The number of benzene rings is 1. The van der Waals surface area contributed by atoms with Crippen LogP contribution in [0.25, 0.3) is 0 Å². The van der Waals surface area contributed by atoms with Gasteiger partial charge in [-0.2, -0.15) is 0 Å². The summed E-state index contributed by atoms with van der Waals surface area (Å²) >= 11 is 0. The maximum atomic E-state index is 12.3. The Labute approximate surface area is 133 Å². The summed E-state index contributed by atoms with van der Waals surface area (Å²) in [5.74, 6) is 0.413. The minimum atomic E-state index is -0.380. The average molecular weight is 318 g/mol. The van der Waals surface area contributed by atoms with Gasteiger partial charge < -0.3 is 20.3 Å². The molecule has 0 aromatic heterocycles. The van der Waals surface area contributed by atoms with Gasteiger partial charge in [-0.1, -0.05) is 6.07 Å². The lowest BCUT2D eigenvalue weighted by Gasteiger charge is -2.21. The van der Waals surface area contributed by atoms with Gasteiger partial charge in [0.1, 0.15) is 5.75 Å². The van der Waals surface area contributed by atoms with E-state index in [2.05, 4.69) is 10.6 Å². The third-order valence-corrected chi connectivity index (χ3v) is 4.02. The molecule has 0 radical (unpaired) electrons. The van der Waals surface area contributed by atoms with Gasteiger partial charge in [-0.05, 0) is 18.6 Å². The molecule has 0 bridgehead atoms. The summed E-state index contributed by atoms with van der Waals surface area (Å²) in [6, 6.07) is 6.17. The number of nitrogens with zero attached hydrogens (tertiary/aromatic N) is 2. The molecule has 1 aromatic carbocycles. The van der Waals surface area contributed by atoms with Gasteiger partial charge in [0.2, 0.25) is 5.91 Å². The lowest BCUT2D eigenvalue weighted by Crippen LogP contribution is -2.43. The molecule has 1 aromatic rings. The second kappa shape index (κ2) is 6.15. The minimum absolute atomic E-state index is 0.0331. The number of carbonyl (C=O) groups excluding carboxylic acids is 3. The van der Waals surface area contributed by atoms with E-state index in [0.29, 0.717) is 30.9 Å². The zero-order chi connectivity index (χ0) is 16.4. The second-order valence-electron chi connectivity index (χ2n) is 5.47. The van der Waals surface area contributed by atoms with Gasteiger partial charge in [-0.25, -0.2) is 9.59 Å². The van der Waals surface area contributed by atoms with Crippen molar-refractivity contribution in [1.82, 2.24) is 15.1 Å². The van der Waals surface area contributed by atoms with Gasteiger partial charge in [0, 0.05) is 24.8 Å². The van der Waals surface area contributed by atoms with Gasteiger partial charge >= 0.3 is 12.1 Å². The van der Waals surface area contributed by atoms with E-state index in [0.717, 1.165) is 0 Å². The van der Waals surface area contributed by atoms with Crippen LogP contribution in [0.4, 0.5) is 15.3 Å². The number of anilines is 1. The van der Waals surface area contributed by atoms with E-state index in [1.54, 1.807) is 36.3 Å². The molecule has 8 nitrogen and oxygen atoms in total. The number of nitrogens with one attached hydrogen (secondary N) is 2. The van der Waals surface area contributed by atoms with Crippen molar-refractivity contribution in [1.29, 1.82) is 0 Å². The summed E-state index contributed by atoms with van der Waals surface area (Å²) in [5, 5.41) is 5.29. The van der Waals surface area contributed by atoms with Crippen LogP contribution in [0.3, 0.4) is 0 Å². The van der Waals surface area contributed by atoms with Crippen LogP contribution in [-0.4, -0.2) is 60.6 Å². The molecular formula is C15H18N4O4. The first-order valence-electron chi connectivity index (χ1n) is 7.38. The van der Waals surface area contributed by atoms with E-state index in [9.17, 15) is 14.4 Å². The Balaban J connectivity index is 1.61. The molecular weight excluding hydrogens is 300 g/mol. The van der Waals surface area contributed by atoms with Crippen LogP contribution < -0.4 is 15.4 Å². The molecule has 2 saturated heterocycles. The predicted molar refractivity (Wildman–Crippen MR) is 82.2 cm³/mol. The third-order valence-electron chi connectivity index (χ3n) is 4.02. The number of imide groups is 1. The summed E-state index contributed by atoms with van der Waals surface area (Å²) in [7, 11) is 1.56. The predicted octanol–water partition coefficient (Wildman–Crippen LogP) is 0.853. The van der Waals surface area contributed by atoms with E-state index < -0.39 is 0 Å². The largest absolute Gasteiger partial charge is 0.497 e. The van der Waals surface area contributed by atoms with Crippen LogP contribution in [0.1, 0.15) is 6.42 Å². The van der Waals surface area contributed by atoms with Crippen molar-refractivity contribution in [2.24, 2.45) is 0 Å². The first-order valence-corrected chi connectivity index (χ1v) is 7.38. The Kier molecular flexibility index (Phi) is 4.05. The lowest BCUT2D eigenvalue weighted by atomic mass is 10.2. The molecule has 5 amide bonds. The lowest BCUT2D eigenvalue weighted by molar-refractivity contribution is -0.126. The molecule has 2 aliphatic heterocycles. The standard InChI is InChI=1S/C15H18N4O4/c1-23-12-4-2-3-10(7-12)17-15(22)18-6-5-11(9-18)19-13(20)8-16-14(19)21/h2-4,7,11H,5-6,8-9H2,1H3,(H,16,21)(H,17,22). The topological polar surface area (TPSA) is 91.0 Å². The fraction of sp³-hybridized carbons (Fsp3) is 0.400. The number of carbonyl (C=O) groups is 3. The number of methoxy groups -OCH3 is 1. The van der Waals surface area contributed by atoms with E-state index in [4.69, 9.17) is 4.74 Å². The van der Waals surface area contributed by atoms with Crippen molar-refractivity contribution in [3.05, 3.63) is 24.3 Å². The van der Waals surface area contributed by atoms with Crippen molar-refractivity contribution < 1.29 is 19.1 Å². The molecule has 2 N–H and O–H groups in total. The third kappa shape index (κ3) is 3.05. The van der Waals surface area contributed by atoms with Crippen LogP contribution >= 0.6 is 0 Å². The first kappa shape index (κ1) is 15.1. The molecule has 0 aliphatic carbocycles. The summed E-state index contributed by atoms with van der Waals surface area (Å²) in [6.07, 6.45) is 0.588. The molecule has 2 aliphatic rings. The maximum Gasteiger partial charge on any atom is 0.324 e. The SMILES string of the molecule is COc1cccc(NC(=O)N2CCC(N3C(=O)CNC3=O)C2)c1. The maximum absolute atomic E-state index is 12.3. The van der Waals surface area contributed by atoms with E-state index in [1.807, 2.05) is 0 Å². The Bertz CT molecular complexity index is 632. The van der Waals surface area contributed by atoms with Crippen molar-refractivity contribution in [2.75, 3.05) is 32.1 Å². The fourth-order valence-corrected chi connectivity index (χ4v) is 2.84. The molecule has 0 saturated carbocycles. The molecule has 2 heterocycles. The first-order chi connectivity index (χ1) is 11.1. The monoisotopic (exact) mass is 318 g/mol. The summed E-state index contributed by atoms with van der Waals surface area (Å²) in [5.41, 5.74) is 0.632. The number of hydrogen-bond donors (Lipinski definition) is 2. The van der Waals surface area contributed by atoms with Crippen molar-refractivity contribution >= 4 is 23.7 Å². The molecule has 1 unspecified atom stereocenters. The Morgan fingerprint density at radius 3 is 2.91 bits per heavy atom. The quantitative estimate of drug-likeness (QED) is 0.809. The van der Waals surface area contributed by atoms with Crippen LogP contribution in [0.2, 0.25) is 0 Å². The van der Waals surface area contributed by atoms with E-state index in [1.165, 1.54) is 4.90 Å². The Morgan fingerprint density at radius 2 is 2.22 bits per heavy atom. The molecule has 122 valence electrons. The highest BCUT2D eigenvalue weighted by Crippen LogP contribution is 2.21. The van der Waals surface area contributed by atoms with E-state index in [-0.39, 0.29) is 30.6 Å². The molecule has 2 fully saturated rings. The van der Waals surface area contributed by atoms with Crippen LogP contribution in [0.5, 0.6) is 5.75 Å². The van der Waals surface area contributed by atoms with E-state index >= 15 is 0 Å². The van der Waals surface area contributed by atoms with Gasteiger partial charge in [-0.3, -0.25) is 9.69 Å². The molecule has 8 heteroatoms. The normalized spacial score (nSPS) is 20.7. The van der Waals surface area contributed by atoms with Crippen LogP contribution in [-0.2, 0) is 4.79 Å².